The molecule has 0 atom stereocenters. The average Bonchev–Trinajstić information content (AvgIpc) is 3.54. The Labute approximate surface area is 285 Å². The predicted octanol–water partition coefficient (Wildman–Crippen LogP) is 6.38. The highest BCUT2D eigenvalue weighted by Gasteiger charge is 2.21. The Morgan fingerprint density at radius 2 is 1.59 bits per heavy atom. The number of aromatic nitrogens is 4. The van der Waals surface area contributed by atoms with Gasteiger partial charge in [-0.2, -0.15) is 9.78 Å². The number of halogens is 1. The van der Waals surface area contributed by atoms with Gasteiger partial charge in [-0.15, -0.1) is 5.10 Å². The standard InChI is InChI=1S/C33H32FN7O4.2C2H6/c1-33(2,3)22-15-21-18-36-41(32(44)28(21)27(34)16-22)25-6-4-5-24(17-25)40-19-26(29(35)42)30(38-40)37-23-9-7-20(8-10-23)31(43)39-11-13-45-14-12-39;2*1-2/h4-10,15-19H,11-14H2,1-3H3,(H2,35,42)(H,37,38);2*1-2H3. The molecule has 3 N–H and O–H groups in total. The van der Waals surface area contributed by atoms with Crippen LogP contribution < -0.4 is 16.6 Å². The average molecular weight is 670 g/mol. The number of morpholine rings is 1. The zero-order chi connectivity index (χ0) is 35.9. The molecule has 3 aromatic carbocycles. The first-order valence-electron chi connectivity index (χ1n) is 16.5. The van der Waals surface area contributed by atoms with E-state index in [1.165, 1.54) is 23.1 Å². The number of ether oxygens (including phenoxy) is 1. The Morgan fingerprint density at radius 3 is 2.22 bits per heavy atom. The lowest BCUT2D eigenvalue weighted by atomic mass is 9.86. The molecule has 1 saturated heterocycles. The van der Waals surface area contributed by atoms with Crippen LogP contribution in [0.4, 0.5) is 15.9 Å². The number of fused-ring (bicyclic) bond motifs is 1. The number of anilines is 2. The van der Waals surface area contributed by atoms with Gasteiger partial charge in [0.2, 0.25) is 0 Å². The Hall–Kier alpha value is -5.36. The summed E-state index contributed by atoms with van der Waals surface area (Å²) in [5.41, 5.74) is 7.68. The number of rotatable bonds is 6. The fourth-order valence-electron chi connectivity index (χ4n) is 5.18. The molecule has 0 saturated carbocycles. The molecule has 1 aliphatic heterocycles. The molecule has 0 radical (unpaired) electrons. The van der Waals surface area contributed by atoms with E-state index in [2.05, 4.69) is 15.5 Å². The van der Waals surface area contributed by atoms with Crippen LogP contribution in [0.25, 0.3) is 22.1 Å². The van der Waals surface area contributed by atoms with Gasteiger partial charge in [-0.25, -0.2) is 9.07 Å². The highest BCUT2D eigenvalue weighted by atomic mass is 19.1. The van der Waals surface area contributed by atoms with Crippen LogP contribution >= 0.6 is 0 Å². The minimum Gasteiger partial charge on any atom is -0.378 e. The number of nitrogens with two attached hydrogens (primary N) is 1. The molecule has 1 fully saturated rings. The van der Waals surface area contributed by atoms with Crippen molar-refractivity contribution in [3.8, 4) is 11.4 Å². The highest BCUT2D eigenvalue weighted by molar-refractivity contribution is 5.98. The van der Waals surface area contributed by atoms with E-state index < -0.39 is 17.3 Å². The van der Waals surface area contributed by atoms with Crippen LogP contribution in [0.15, 0.2) is 77.9 Å². The second-order valence-electron chi connectivity index (χ2n) is 11.9. The molecular formula is C37H44FN7O4. The van der Waals surface area contributed by atoms with Crippen molar-refractivity contribution < 1.29 is 18.7 Å². The first-order chi connectivity index (χ1) is 23.5. The van der Waals surface area contributed by atoms with Crippen molar-refractivity contribution in [1.82, 2.24) is 24.5 Å². The lowest BCUT2D eigenvalue weighted by molar-refractivity contribution is 0.0303. The summed E-state index contributed by atoms with van der Waals surface area (Å²) in [7, 11) is 0. The first kappa shape index (κ1) is 36.5. The summed E-state index contributed by atoms with van der Waals surface area (Å²) < 4.78 is 23.1. The molecular weight excluding hydrogens is 625 g/mol. The molecule has 1 aliphatic rings. The van der Waals surface area contributed by atoms with Gasteiger partial charge < -0.3 is 20.7 Å². The van der Waals surface area contributed by atoms with Crippen LogP contribution in [0.2, 0.25) is 0 Å². The number of primary amides is 1. The predicted molar refractivity (Wildman–Crippen MR) is 191 cm³/mol. The molecule has 2 amide bonds. The summed E-state index contributed by atoms with van der Waals surface area (Å²) in [4.78, 5) is 40.3. The number of nitrogens with zero attached hydrogens (tertiary/aromatic N) is 5. The van der Waals surface area contributed by atoms with Gasteiger partial charge in [0.15, 0.2) is 5.82 Å². The largest absolute Gasteiger partial charge is 0.378 e. The summed E-state index contributed by atoms with van der Waals surface area (Å²) in [6, 6.07) is 16.8. The van der Waals surface area contributed by atoms with Crippen LogP contribution in [0, 0.1) is 5.82 Å². The van der Waals surface area contributed by atoms with E-state index >= 15 is 4.39 Å². The maximum absolute atomic E-state index is 15.2. The third-order valence-electron chi connectivity index (χ3n) is 7.72. The van der Waals surface area contributed by atoms with E-state index in [0.29, 0.717) is 54.3 Å². The molecule has 3 heterocycles. The summed E-state index contributed by atoms with van der Waals surface area (Å²) in [6.45, 7) is 16.0. The minimum atomic E-state index is -0.698. The number of amides is 2. The van der Waals surface area contributed by atoms with Crippen LogP contribution in [-0.2, 0) is 10.2 Å². The number of carbonyl (C=O) groups is 2. The molecule has 6 rings (SSSR count). The van der Waals surface area contributed by atoms with Crippen molar-refractivity contribution in [2.75, 3.05) is 31.6 Å². The van der Waals surface area contributed by atoms with Crippen LogP contribution in [0.3, 0.4) is 0 Å². The zero-order valence-corrected chi connectivity index (χ0v) is 29.1. The van der Waals surface area contributed by atoms with Crippen LogP contribution in [0.1, 0.15) is 74.7 Å². The number of carbonyl (C=O) groups excluding carboxylic acids is 2. The summed E-state index contributed by atoms with van der Waals surface area (Å²) in [6.07, 6.45) is 2.95. The quantitative estimate of drug-likeness (QED) is 0.214. The molecule has 2 aromatic heterocycles. The number of nitrogens with one attached hydrogen (secondary N) is 1. The Balaban J connectivity index is 0.00000130. The minimum absolute atomic E-state index is 0.0531. The molecule has 12 heteroatoms. The van der Waals surface area contributed by atoms with Gasteiger partial charge in [0.25, 0.3) is 17.4 Å². The van der Waals surface area contributed by atoms with Gasteiger partial charge in [-0.1, -0.05) is 54.5 Å². The van der Waals surface area contributed by atoms with E-state index in [1.54, 1.807) is 59.5 Å². The van der Waals surface area contributed by atoms with E-state index in [-0.39, 0.29) is 28.1 Å². The fourth-order valence-corrected chi connectivity index (χ4v) is 5.18. The van der Waals surface area contributed by atoms with Crippen molar-refractivity contribution in [3.05, 3.63) is 106 Å². The van der Waals surface area contributed by atoms with Gasteiger partial charge in [0.05, 0.1) is 36.2 Å². The molecule has 5 aromatic rings. The van der Waals surface area contributed by atoms with Gasteiger partial charge in [-0.05, 0) is 65.6 Å². The Kier molecular flexibility index (Phi) is 11.7. The molecule has 258 valence electrons. The second kappa shape index (κ2) is 15.7. The third-order valence-corrected chi connectivity index (χ3v) is 7.72. The molecule has 0 spiro atoms. The van der Waals surface area contributed by atoms with Gasteiger partial charge in [-0.3, -0.25) is 14.4 Å². The summed E-state index contributed by atoms with van der Waals surface area (Å²) in [5.74, 6) is -1.18. The topological polar surface area (TPSA) is 137 Å². The highest BCUT2D eigenvalue weighted by Crippen LogP contribution is 2.27. The van der Waals surface area contributed by atoms with E-state index in [1.807, 2.05) is 48.5 Å². The Bertz CT molecular complexity index is 1990. The van der Waals surface area contributed by atoms with Crippen LogP contribution in [-0.4, -0.2) is 62.6 Å². The van der Waals surface area contributed by atoms with Gasteiger partial charge in [0.1, 0.15) is 11.4 Å². The van der Waals surface area contributed by atoms with Crippen molar-refractivity contribution in [2.45, 2.75) is 53.9 Å². The summed E-state index contributed by atoms with van der Waals surface area (Å²) >= 11 is 0. The maximum atomic E-state index is 15.2. The van der Waals surface area contributed by atoms with E-state index in [4.69, 9.17) is 10.5 Å². The SMILES string of the molecule is CC.CC.CC(C)(C)c1cc(F)c2c(=O)n(-c3cccc(-n4cc(C(N)=O)c(Nc5ccc(C(=O)N6CCOCC6)cc5)n4)c3)ncc2c1. The lowest BCUT2D eigenvalue weighted by Crippen LogP contribution is -2.40. The third kappa shape index (κ3) is 8.03. The molecule has 0 unspecified atom stereocenters. The zero-order valence-electron chi connectivity index (χ0n) is 29.1. The van der Waals surface area contributed by atoms with E-state index in [9.17, 15) is 14.4 Å². The van der Waals surface area contributed by atoms with Crippen molar-refractivity contribution in [3.63, 3.8) is 0 Å². The second-order valence-corrected chi connectivity index (χ2v) is 11.9. The molecule has 11 nitrogen and oxygen atoms in total. The number of hydrogen-bond acceptors (Lipinski definition) is 7. The fraction of sp³-hybridized carbons (Fsp3) is 0.324. The lowest BCUT2D eigenvalue weighted by Gasteiger charge is -2.26. The monoisotopic (exact) mass is 669 g/mol. The van der Waals surface area contributed by atoms with Crippen molar-refractivity contribution >= 4 is 34.1 Å². The van der Waals surface area contributed by atoms with E-state index in [0.717, 1.165) is 10.2 Å². The first-order valence-corrected chi connectivity index (χ1v) is 16.5. The maximum Gasteiger partial charge on any atom is 0.282 e. The number of hydrogen-bond donors (Lipinski definition) is 2. The Morgan fingerprint density at radius 1 is 0.939 bits per heavy atom. The number of benzene rings is 3. The summed E-state index contributed by atoms with van der Waals surface area (Å²) in [5, 5.41) is 12.3. The smallest absolute Gasteiger partial charge is 0.282 e. The van der Waals surface area contributed by atoms with Crippen molar-refractivity contribution in [1.29, 1.82) is 0 Å². The molecule has 0 aliphatic carbocycles. The van der Waals surface area contributed by atoms with Crippen molar-refractivity contribution in [2.24, 2.45) is 5.73 Å². The van der Waals surface area contributed by atoms with Crippen LogP contribution in [0.5, 0.6) is 0 Å². The van der Waals surface area contributed by atoms with Gasteiger partial charge in [0, 0.05) is 35.9 Å². The molecule has 49 heavy (non-hydrogen) atoms. The molecule has 0 bridgehead atoms. The van der Waals surface area contributed by atoms with Gasteiger partial charge >= 0.3 is 0 Å². The normalized spacial score (nSPS) is 12.8.